The van der Waals surface area contributed by atoms with Crippen LogP contribution in [-0.2, 0) is 0 Å². The second-order valence-electron chi connectivity index (χ2n) is 9.32. The van der Waals surface area contributed by atoms with Gasteiger partial charge in [0, 0.05) is 0 Å². The van der Waals surface area contributed by atoms with E-state index in [1.165, 1.54) is 32.1 Å². The Morgan fingerprint density at radius 1 is 0.909 bits per heavy atom. The summed E-state index contributed by atoms with van der Waals surface area (Å²) in [4.78, 5) is 0. The monoisotopic (exact) mass is 326 g/mol. The van der Waals surface area contributed by atoms with Gasteiger partial charge in [-0.15, -0.1) is 11.6 Å². The van der Waals surface area contributed by atoms with E-state index >= 15 is 0 Å². The lowest BCUT2D eigenvalue weighted by atomic mass is 9.45. The van der Waals surface area contributed by atoms with Crippen LogP contribution in [0.4, 0.5) is 0 Å². The third-order valence-electron chi connectivity index (χ3n) is 8.59. The summed E-state index contributed by atoms with van der Waals surface area (Å²) in [6.45, 7) is 4.80. The van der Waals surface area contributed by atoms with Gasteiger partial charge < -0.3 is 10.2 Å². The van der Waals surface area contributed by atoms with Gasteiger partial charge in [-0.25, -0.2) is 0 Å². The maximum absolute atomic E-state index is 10.5. The van der Waals surface area contributed by atoms with Crippen LogP contribution in [0.3, 0.4) is 0 Å². The van der Waals surface area contributed by atoms with Crippen molar-refractivity contribution in [1.82, 2.24) is 0 Å². The van der Waals surface area contributed by atoms with E-state index in [2.05, 4.69) is 13.8 Å². The summed E-state index contributed by atoms with van der Waals surface area (Å²) in [7, 11) is 0. The summed E-state index contributed by atoms with van der Waals surface area (Å²) >= 11 is 6.48. The van der Waals surface area contributed by atoms with Gasteiger partial charge >= 0.3 is 0 Å². The molecule has 2 N–H and O–H groups in total. The fourth-order valence-electron chi connectivity index (χ4n) is 7.21. The van der Waals surface area contributed by atoms with Gasteiger partial charge in [0.05, 0.1) is 17.6 Å². The summed E-state index contributed by atoms with van der Waals surface area (Å²) in [5.74, 6) is 2.88. The topological polar surface area (TPSA) is 40.5 Å². The van der Waals surface area contributed by atoms with Gasteiger partial charge in [-0.2, -0.15) is 0 Å². The lowest BCUT2D eigenvalue weighted by molar-refractivity contribution is -0.132. The second kappa shape index (κ2) is 5.10. The Hall–Kier alpha value is 0.210. The predicted octanol–water partition coefficient (Wildman–Crippen LogP) is 3.97. The molecule has 0 aliphatic heterocycles. The highest BCUT2D eigenvalue weighted by Gasteiger charge is 2.60. The van der Waals surface area contributed by atoms with E-state index in [9.17, 15) is 10.2 Å². The summed E-state index contributed by atoms with van der Waals surface area (Å²) in [6, 6.07) is 0. The molecule has 0 radical (unpaired) electrons. The van der Waals surface area contributed by atoms with Crippen molar-refractivity contribution in [2.75, 3.05) is 0 Å². The Kier molecular flexibility index (Phi) is 3.65. The first-order valence-corrected chi connectivity index (χ1v) is 9.80. The van der Waals surface area contributed by atoms with Crippen LogP contribution in [0.25, 0.3) is 0 Å². The summed E-state index contributed by atoms with van der Waals surface area (Å²) in [5, 5.41) is 20.6. The van der Waals surface area contributed by atoms with Gasteiger partial charge in [0.25, 0.3) is 0 Å². The SMILES string of the molecule is C[C@]12C[C@H](Cl)[C@@H](O)C[C@@H]1CC[C@@H]1[C@@H]2CC[C@]2(C)[C@@H](O)CC[C@@H]12. The van der Waals surface area contributed by atoms with Crippen LogP contribution >= 0.6 is 11.6 Å². The first-order valence-electron chi connectivity index (χ1n) is 9.36. The van der Waals surface area contributed by atoms with Crippen LogP contribution in [-0.4, -0.2) is 27.8 Å². The molecule has 0 aromatic heterocycles. The van der Waals surface area contributed by atoms with Gasteiger partial charge in [0.15, 0.2) is 0 Å². The Morgan fingerprint density at radius 2 is 1.64 bits per heavy atom. The third-order valence-corrected chi connectivity index (χ3v) is 9.04. The van der Waals surface area contributed by atoms with Crippen LogP contribution in [0.1, 0.15) is 65.2 Å². The fraction of sp³-hybridized carbons (Fsp3) is 1.00. The molecule has 3 heteroatoms. The van der Waals surface area contributed by atoms with Crippen LogP contribution in [0, 0.1) is 34.5 Å². The lowest BCUT2D eigenvalue weighted by Crippen LogP contribution is -2.56. The van der Waals surface area contributed by atoms with Crippen LogP contribution in [0.2, 0.25) is 0 Å². The molecule has 9 atom stereocenters. The minimum atomic E-state index is -0.307. The summed E-state index contributed by atoms with van der Waals surface area (Å²) < 4.78 is 0. The first-order chi connectivity index (χ1) is 10.4. The van der Waals surface area contributed by atoms with E-state index < -0.39 is 0 Å². The summed E-state index contributed by atoms with van der Waals surface area (Å²) in [5.41, 5.74) is 0.475. The third kappa shape index (κ3) is 1.99. The van der Waals surface area contributed by atoms with E-state index in [0.717, 1.165) is 31.1 Å². The molecule has 4 fully saturated rings. The molecule has 4 aliphatic rings. The zero-order valence-electron chi connectivity index (χ0n) is 14.0. The Morgan fingerprint density at radius 3 is 2.41 bits per heavy atom. The number of halogens is 1. The zero-order chi connectivity index (χ0) is 15.7. The van der Waals surface area contributed by atoms with Crippen molar-refractivity contribution >= 4 is 11.6 Å². The standard InChI is InChI=1S/C19H31ClO2/c1-18-8-7-14-12(13(18)5-6-17(18)22)4-3-11-9-16(21)15(20)10-19(11,14)2/h11-17,21-22H,3-10H2,1-2H3/t11-,12-,13-,14-,15-,16-,17-,18-,19-/m0/s1. The molecule has 0 spiro atoms. The molecule has 4 saturated carbocycles. The Bertz CT molecular complexity index is 455. The maximum Gasteiger partial charge on any atom is 0.0706 e. The number of aliphatic hydroxyl groups excluding tert-OH is 2. The number of hydrogen-bond acceptors (Lipinski definition) is 2. The lowest BCUT2D eigenvalue weighted by Gasteiger charge is -2.61. The van der Waals surface area contributed by atoms with E-state index in [-0.39, 0.29) is 23.0 Å². The average Bonchev–Trinajstić information content (AvgIpc) is 2.77. The highest BCUT2D eigenvalue weighted by Crippen LogP contribution is 2.66. The summed E-state index contributed by atoms with van der Waals surface area (Å²) in [6.07, 6.45) is 8.69. The molecular formula is C19H31ClO2. The first kappa shape index (κ1) is 15.7. The molecule has 4 aliphatic carbocycles. The maximum atomic E-state index is 10.5. The van der Waals surface area contributed by atoms with Crippen molar-refractivity contribution in [2.45, 2.75) is 82.8 Å². The van der Waals surface area contributed by atoms with E-state index in [0.29, 0.717) is 17.3 Å². The smallest absolute Gasteiger partial charge is 0.0706 e. The molecule has 126 valence electrons. The van der Waals surface area contributed by atoms with Crippen molar-refractivity contribution in [3.63, 3.8) is 0 Å². The Labute approximate surface area is 139 Å². The predicted molar refractivity (Wildman–Crippen MR) is 88.8 cm³/mol. The van der Waals surface area contributed by atoms with Crippen LogP contribution in [0.5, 0.6) is 0 Å². The minimum absolute atomic E-state index is 0.0671. The number of fused-ring (bicyclic) bond motifs is 5. The van der Waals surface area contributed by atoms with Gasteiger partial charge in [0.2, 0.25) is 0 Å². The molecule has 0 unspecified atom stereocenters. The van der Waals surface area contributed by atoms with Crippen molar-refractivity contribution in [2.24, 2.45) is 34.5 Å². The number of aliphatic hydroxyl groups is 2. The van der Waals surface area contributed by atoms with Gasteiger partial charge in [-0.05, 0) is 85.9 Å². The fourth-order valence-corrected chi connectivity index (χ4v) is 7.64. The highest BCUT2D eigenvalue weighted by molar-refractivity contribution is 6.21. The molecule has 0 aromatic carbocycles. The average molecular weight is 327 g/mol. The number of rotatable bonds is 0. The molecule has 4 rings (SSSR count). The number of alkyl halides is 1. The zero-order valence-corrected chi connectivity index (χ0v) is 14.7. The Balaban J connectivity index is 1.63. The molecule has 0 saturated heterocycles. The minimum Gasteiger partial charge on any atom is -0.393 e. The highest BCUT2D eigenvalue weighted by atomic mass is 35.5. The van der Waals surface area contributed by atoms with Crippen molar-refractivity contribution in [3.05, 3.63) is 0 Å². The van der Waals surface area contributed by atoms with E-state index in [1.807, 2.05) is 0 Å². The molecule has 2 nitrogen and oxygen atoms in total. The second-order valence-corrected chi connectivity index (χ2v) is 9.88. The van der Waals surface area contributed by atoms with Gasteiger partial charge in [-0.1, -0.05) is 13.8 Å². The van der Waals surface area contributed by atoms with Crippen LogP contribution in [0.15, 0.2) is 0 Å². The molecule has 0 bridgehead atoms. The van der Waals surface area contributed by atoms with E-state index in [1.54, 1.807) is 0 Å². The largest absolute Gasteiger partial charge is 0.393 e. The van der Waals surface area contributed by atoms with Crippen molar-refractivity contribution < 1.29 is 10.2 Å². The molecule has 0 heterocycles. The molecular weight excluding hydrogens is 296 g/mol. The number of hydrogen-bond donors (Lipinski definition) is 2. The van der Waals surface area contributed by atoms with Gasteiger partial charge in [-0.3, -0.25) is 0 Å². The normalized spacial score (nSPS) is 61.2. The van der Waals surface area contributed by atoms with Crippen molar-refractivity contribution in [3.8, 4) is 0 Å². The quantitative estimate of drug-likeness (QED) is 0.661. The molecule has 0 aromatic rings. The molecule has 0 amide bonds. The molecule has 22 heavy (non-hydrogen) atoms. The van der Waals surface area contributed by atoms with Crippen LogP contribution < -0.4 is 0 Å². The van der Waals surface area contributed by atoms with Crippen molar-refractivity contribution in [1.29, 1.82) is 0 Å². The van der Waals surface area contributed by atoms with Gasteiger partial charge in [0.1, 0.15) is 0 Å². The van der Waals surface area contributed by atoms with E-state index in [4.69, 9.17) is 11.6 Å².